The van der Waals surface area contributed by atoms with Crippen molar-refractivity contribution in [1.29, 1.82) is 0 Å². The highest BCUT2D eigenvalue weighted by Crippen LogP contribution is 2.16. The number of hydrogen-bond acceptors (Lipinski definition) is 14. The van der Waals surface area contributed by atoms with E-state index in [9.17, 15) is 4.79 Å². The van der Waals surface area contributed by atoms with E-state index in [4.69, 9.17) is 61.6 Å². The van der Waals surface area contributed by atoms with Crippen LogP contribution in [0, 0.1) is 0 Å². The summed E-state index contributed by atoms with van der Waals surface area (Å²) < 4.78 is 72.0. The van der Waals surface area contributed by atoms with Crippen LogP contribution in [0.2, 0.25) is 0 Å². The number of aryl methyl sites for hydroxylation is 1. The van der Waals surface area contributed by atoms with E-state index in [2.05, 4.69) is 38.1 Å². The second-order valence-corrected chi connectivity index (χ2v) is 17.3. The lowest BCUT2D eigenvalue weighted by Crippen LogP contribution is -2.16. The first-order valence-electron chi connectivity index (χ1n) is 27.5. The minimum absolute atomic E-state index is 0.132. The van der Waals surface area contributed by atoms with Crippen molar-refractivity contribution in [3.05, 3.63) is 29.8 Å². The van der Waals surface area contributed by atoms with Crippen LogP contribution in [-0.2, 0) is 68.1 Å². The van der Waals surface area contributed by atoms with Gasteiger partial charge in [-0.05, 0) is 37.0 Å². The highest BCUT2D eigenvalue weighted by atomic mass is 16.6. The van der Waals surface area contributed by atoms with E-state index in [1.807, 2.05) is 0 Å². The molecule has 0 aliphatic heterocycles. The first-order chi connectivity index (χ1) is 34.3. The molecule has 1 aromatic rings. The Morgan fingerprint density at radius 2 is 0.565 bits per heavy atom. The number of rotatable bonds is 59. The molecule has 406 valence electrons. The Kier molecular flexibility index (Phi) is 53.7. The lowest BCUT2D eigenvalue weighted by atomic mass is 10.0. The molecule has 0 atom stereocenters. The SMILES string of the molecule is CCCCCCCCCCCCCCCC(=O)OCCOCCOCCOCCOCCOCCOCCOCCOCCOCCOCCOCCOc1ccc(CCCCCCCCC)cc1. The molecular formula is C55H102O14. The second kappa shape index (κ2) is 57.0. The third kappa shape index (κ3) is 52.2. The van der Waals surface area contributed by atoms with Crippen molar-refractivity contribution in [3.63, 3.8) is 0 Å². The molecule has 0 aromatic heterocycles. The molecular weight excluding hydrogens is 885 g/mol. The molecule has 1 aromatic carbocycles. The number of carbonyl (C=O) groups is 1. The lowest BCUT2D eigenvalue weighted by molar-refractivity contribution is -0.145. The molecule has 0 saturated carbocycles. The van der Waals surface area contributed by atoms with Crippen molar-refractivity contribution in [2.24, 2.45) is 0 Å². The molecule has 0 bridgehead atoms. The molecule has 0 unspecified atom stereocenters. The Morgan fingerprint density at radius 1 is 0.304 bits per heavy atom. The van der Waals surface area contributed by atoms with Crippen molar-refractivity contribution >= 4 is 5.97 Å². The van der Waals surface area contributed by atoms with E-state index < -0.39 is 0 Å². The van der Waals surface area contributed by atoms with Crippen LogP contribution in [0.4, 0.5) is 0 Å². The van der Waals surface area contributed by atoms with Gasteiger partial charge in [0.15, 0.2) is 0 Å². The molecule has 0 spiro atoms. The van der Waals surface area contributed by atoms with E-state index in [0.29, 0.717) is 158 Å². The molecule has 0 aliphatic carbocycles. The van der Waals surface area contributed by atoms with Crippen molar-refractivity contribution in [2.45, 2.75) is 155 Å². The van der Waals surface area contributed by atoms with Crippen molar-refractivity contribution < 1.29 is 66.4 Å². The third-order valence-corrected chi connectivity index (χ3v) is 11.2. The smallest absolute Gasteiger partial charge is 0.305 e. The van der Waals surface area contributed by atoms with Gasteiger partial charge in [-0.2, -0.15) is 0 Å². The van der Waals surface area contributed by atoms with Crippen molar-refractivity contribution in [3.8, 4) is 5.75 Å². The average molecular weight is 987 g/mol. The van der Waals surface area contributed by atoms with Crippen LogP contribution in [0.15, 0.2) is 24.3 Å². The van der Waals surface area contributed by atoms with Gasteiger partial charge in [0, 0.05) is 6.42 Å². The van der Waals surface area contributed by atoms with Gasteiger partial charge in [0.05, 0.1) is 145 Å². The lowest BCUT2D eigenvalue weighted by Gasteiger charge is -2.09. The van der Waals surface area contributed by atoms with Gasteiger partial charge in [0.2, 0.25) is 0 Å². The number of benzene rings is 1. The fourth-order valence-corrected chi connectivity index (χ4v) is 7.13. The summed E-state index contributed by atoms with van der Waals surface area (Å²) >= 11 is 0. The maximum atomic E-state index is 11.9. The van der Waals surface area contributed by atoms with Gasteiger partial charge in [-0.1, -0.05) is 142 Å². The van der Waals surface area contributed by atoms with Crippen LogP contribution in [-0.4, -0.2) is 165 Å². The topological polar surface area (TPSA) is 137 Å². The van der Waals surface area contributed by atoms with E-state index >= 15 is 0 Å². The minimum Gasteiger partial charge on any atom is -0.491 e. The number of carbonyl (C=O) groups excluding carboxylic acids is 1. The molecule has 0 aliphatic rings. The zero-order chi connectivity index (χ0) is 49.3. The van der Waals surface area contributed by atoms with Crippen molar-refractivity contribution in [1.82, 2.24) is 0 Å². The molecule has 0 saturated heterocycles. The summed E-state index contributed by atoms with van der Waals surface area (Å²) in [6.45, 7) is 16.2. The fraction of sp³-hybridized carbons (Fsp3) is 0.873. The van der Waals surface area contributed by atoms with Gasteiger partial charge in [-0.15, -0.1) is 0 Å². The van der Waals surface area contributed by atoms with Crippen LogP contribution in [0.25, 0.3) is 0 Å². The maximum absolute atomic E-state index is 11.9. The summed E-state index contributed by atoms with van der Waals surface area (Å²) in [5.41, 5.74) is 1.38. The summed E-state index contributed by atoms with van der Waals surface area (Å²) in [6, 6.07) is 8.46. The van der Waals surface area contributed by atoms with E-state index in [1.165, 1.54) is 121 Å². The van der Waals surface area contributed by atoms with Crippen LogP contribution in [0.1, 0.15) is 154 Å². The number of hydrogen-bond donors (Lipinski definition) is 0. The molecule has 1 rings (SSSR count). The molecule has 14 nitrogen and oxygen atoms in total. The number of unbranched alkanes of at least 4 members (excludes halogenated alkanes) is 18. The van der Waals surface area contributed by atoms with Crippen LogP contribution in [0.3, 0.4) is 0 Å². The highest BCUT2D eigenvalue weighted by Gasteiger charge is 2.04. The summed E-state index contributed by atoms with van der Waals surface area (Å²) in [6.07, 6.45) is 27.8. The van der Waals surface area contributed by atoms with Gasteiger partial charge in [0.25, 0.3) is 0 Å². The molecule has 0 N–H and O–H groups in total. The van der Waals surface area contributed by atoms with Gasteiger partial charge in [-0.25, -0.2) is 0 Å². The van der Waals surface area contributed by atoms with Crippen LogP contribution >= 0.6 is 0 Å². The first-order valence-corrected chi connectivity index (χ1v) is 27.5. The zero-order valence-electron chi connectivity index (χ0n) is 44.1. The maximum Gasteiger partial charge on any atom is 0.305 e. The summed E-state index contributed by atoms with van der Waals surface area (Å²) in [5, 5.41) is 0. The van der Waals surface area contributed by atoms with E-state index in [-0.39, 0.29) is 12.6 Å². The predicted molar refractivity (Wildman–Crippen MR) is 274 cm³/mol. The van der Waals surface area contributed by atoms with Gasteiger partial charge in [-0.3, -0.25) is 4.79 Å². The highest BCUT2D eigenvalue weighted by molar-refractivity contribution is 5.69. The van der Waals surface area contributed by atoms with Crippen LogP contribution in [0.5, 0.6) is 5.75 Å². The van der Waals surface area contributed by atoms with Crippen molar-refractivity contribution in [2.75, 3.05) is 159 Å². The van der Waals surface area contributed by atoms with Gasteiger partial charge < -0.3 is 61.6 Å². The largest absolute Gasteiger partial charge is 0.491 e. The summed E-state index contributed by atoms with van der Waals surface area (Å²) in [7, 11) is 0. The van der Waals surface area contributed by atoms with E-state index in [1.54, 1.807) is 0 Å². The minimum atomic E-state index is -0.132. The zero-order valence-corrected chi connectivity index (χ0v) is 44.1. The summed E-state index contributed by atoms with van der Waals surface area (Å²) in [4.78, 5) is 11.9. The Labute approximate surface area is 420 Å². The monoisotopic (exact) mass is 987 g/mol. The Hall–Kier alpha value is -1.95. The molecule has 0 radical (unpaired) electrons. The Bertz CT molecular complexity index is 1130. The molecule has 0 amide bonds. The number of esters is 1. The fourth-order valence-electron chi connectivity index (χ4n) is 7.13. The molecule has 69 heavy (non-hydrogen) atoms. The quantitative estimate of drug-likeness (QED) is 0.0452. The molecule has 0 fully saturated rings. The Morgan fingerprint density at radius 3 is 0.884 bits per heavy atom. The first kappa shape index (κ1) is 65.1. The third-order valence-electron chi connectivity index (χ3n) is 11.2. The second-order valence-electron chi connectivity index (χ2n) is 17.3. The van der Waals surface area contributed by atoms with Gasteiger partial charge >= 0.3 is 5.97 Å². The molecule has 0 heterocycles. The Balaban J connectivity index is 1.66. The number of ether oxygens (including phenoxy) is 13. The van der Waals surface area contributed by atoms with E-state index in [0.717, 1.165) is 25.0 Å². The normalized spacial score (nSPS) is 11.5. The standard InChI is InChI=1S/C55H102O14/c1-3-5-7-9-11-12-13-14-15-16-18-20-22-24-55(56)69-52-50-67-48-46-65-44-42-63-40-38-61-36-34-59-32-30-57-29-31-58-33-35-60-37-39-62-41-43-64-45-47-66-49-51-68-54-27-25-53(26-28-54)23-21-19-17-10-8-6-4-2/h25-28H,3-24,29-52H2,1-2H3. The van der Waals surface area contributed by atoms with Gasteiger partial charge in [0.1, 0.15) is 19.0 Å². The van der Waals surface area contributed by atoms with Crippen LogP contribution < -0.4 is 4.74 Å². The predicted octanol–water partition coefficient (Wildman–Crippen LogP) is 10.6. The summed E-state index contributed by atoms with van der Waals surface area (Å²) in [5.74, 6) is 0.752. The molecule has 14 heteroatoms. The average Bonchev–Trinajstić information content (AvgIpc) is 3.36.